The average Bonchev–Trinajstić information content (AvgIpc) is 2.16. The molecule has 13 heavy (non-hydrogen) atoms. The number of carbonyl (C=O) groups is 1. The van der Waals surface area contributed by atoms with Crippen molar-refractivity contribution in [3.8, 4) is 0 Å². The second-order valence-electron chi connectivity index (χ2n) is 2.56. The molecule has 0 aliphatic heterocycles. The van der Waals surface area contributed by atoms with E-state index in [-0.39, 0.29) is 12.3 Å². The smallest absolute Gasteiger partial charge is 0.342 e. The predicted octanol–water partition coefficient (Wildman–Crippen LogP) is 0.201. The summed E-state index contributed by atoms with van der Waals surface area (Å²) in [5.41, 5.74) is 0. The molecule has 0 amide bonds. The third-order valence-electron chi connectivity index (χ3n) is 1.66. The van der Waals surface area contributed by atoms with Crippen LogP contribution in [0.25, 0.3) is 0 Å². The van der Waals surface area contributed by atoms with Crippen LogP contribution in [-0.4, -0.2) is 41.2 Å². The fraction of sp³-hybridized carbons (Fsp3) is 0.857. The Hall–Kier alpha value is -0.380. The molecule has 0 heterocycles. The summed E-state index contributed by atoms with van der Waals surface area (Å²) in [6.45, 7) is 2.57. The van der Waals surface area contributed by atoms with E-state index in [1.54, 1.807) is 13.8 Å². The lowest BCUT2D eigenvalue weighted by Gasteiger charge is -2.16. The number of carbonyl (C=O) groups excluding carboxylic acids is 1. The second kappa shape index (κ2) is 5.37. The van der Waals surface area contributed by atoms with Crippen molar-refractivity contribution in [2.24, 2.45) is 0 Å². The van der Waals surface area contributed by atoms with Crippen molar-refractivity contribution in [2.45, 2.75) is 20.0 Å². The maximum atomic E-state index is 11.5. The molecule has 1 unspecified atom stereocenters. The van der Waals surface area contributed by atoms with E-state index < -0.39 is 26.0 Å². The zero-order chi connectivity index (χ0) is 10.5. The minimum atomic E-state index is -2.92. The van der Waals surface area contributed by atoms with Gasteiger partial charge in [0.25, 0.3) is 7.37 Å². The number of aliphatic hydroxyl groups excluding tert-OH is 2. The highest BCUT2D eigenvalue weighted by Crippen LogP contribution is 2.46. The second-order valence-corrected chi connectivity index (χ2v) is 5.63. The largest absolute Gasteiger partial charge is 0.410 e. The van der Waals surface area contributed by atoms with Crippen LogP contribution >= 0.6 is 7.37 Å². The third-order valence-corrected chi connectivity index (χ3v) is 4.10. The van der Waals surface area contributed by atoms with Gasteiger partial charge in [-0.05, 0) is 0 Å². The molecular formula is C7H15O5P. The molecule has 0 bridgehead atoms. The minimum absolute atomic E-state index is 0.243. The lowest BCUT2D eigenvalue weighted by Crippen LogP contribution is -2.26. The van der Waals surface area contributed by atoms with Crippen LogP contribution in [0.1, 0.15) is 13.8 Å². The summed E-state index contributed by atoms with van der Waals surface area (Å²) in [5, 5.41) is 17.2. The van der Waals surface area contributed by atoms with E-state index in [9.17, 15) is 9.36 Å². The van der Waals surface area contributed by atoms with Crippen LogP contribution in [0.2, 0.25) is 0 Å². The van der Waals surface area contributed by atoms with Crippen molar-refractivity contribution in [3.05, 3.63) is 0 Å². The molecule has 0 aliphatic rings. The van der Waals surface area contributed by atoms with Gasteiger partial charge in [0.05, 0.1) is 6.61 Å². The van der Waals surface area contributed by atoms with Gasteiger partial charge in [-0.2, -0.15) is 0 Å². The van der Waals surface area contributed by atoms with Gasteiger partial charge >= 0.3 is 5.97 Å². The van der Waals surface area contributed by atoms with Crippen LogP contribution in [0, 0.1) is 0 Å². The van der Waals surface area contributed by atoms with Crippen LogP contribution in [0.15, 0.2) is 0 Å². The number of hydrogen-bond acceptors (Lipinski definition) is 5. The Balaban J connectivity index is 4.26. The number of rotatable bonds is 5. The first kappa shape index (κ1) is 12.6. The number of aliphatic hydroxyl groups is 2. The first-order valence-electron chi connectivity index (χ1n) is 4.09. The molecule has 78 valence electrons. The Kier molecular flexibility index (Phi) is 5.21. The monoisotopic (exact) mass is 210 g/mol. The Morgan fingerprint density at radius 1 is 1.46 bits per heavy atom. The quantitative estimate of drug-likeness (QED) is 0.633. The van der Waals surface area contributed by atoms with E-state index in [1.165, 1.54) is 0 Å². The maximum Gasteiger partial charge on any atom is 0.342 e. The highest BCUT2D eigenvalue weighted by Gasteiger charge is 2.26. The van der Waals surface area contributed by atoms with Crippen molar-refractivity contribution in [1.82, 2.24) is 0 Å². The van der Waals surface area contributed by atoms with E-state index in [2.05, 4.69) is 4.52 Å². The first-order chi connectivity index (χ1) is 5.99. The van der Waals surface area contributed by atoms with E-state index in [4.69, 9.17) is 10.2 Å². The van der Waals surface area contributed by atoms with Crippen molar-refractivity contribution in [3.63, 3.8) is 0 Å². The SMILES string of the molecule is CCP(=O)(CC)OC(=O)C(O)CO. The molecule has 0 aromatic carbocycles. The molecule has 0 saturated carbocycles. The average molecular weight is 210 g/mol. The molecule has 5 nitrogen and oxygen atoms in total. The summed E-state index contributed by atoms with van der Waals surface area (Å²) >= 11 is 0. The lowest BCUT2D eigenvalue weighted by molar-refractivity contribution is -0.145. The molecule has 0 aromatic rings. The normalized spacial score (nSPS) is 13.8. The van der Waals surface area contributed by atoms with Crippen molar-refractivity contribution < 1.29 is 24.1 Å². The van der Waals surface area contributed by atoms with Gasteiger partial charge < -0.3 is 14.7 Å². The molecule has 0 spiro atoms. The minimum Gasteiger partial charge on any atom is -0.410 e. The molecule has 0 aromatic heterocycles. The fourth-order valence-corrected chi connectivity index (χ4v) is 1.81. The predicted molar refractivity (Wildman–Crippen MR) is 47.9 cm³/mol. The molecule has 0 aliphatic carbocycles. The van der Waals surface area contributed by atoms with Gasteiger partial charge in [-0.15, -0.1) is 0 Å². The molecule has 0 fully saturated rings. The summed E-state index contributed by atoms with van der Waals surface area (Å²) in [7, 11) is -2.92. The van der Waals surface area contributed by atoms with Gasteiger partial charge in [-0.1, -0.05) is 13.8 Å². The zero-order valence-electron chi connectivity index (χ0n) is 7.77. The van der Waals surface area contributed by atoms with Gasteiger partial charge in [-0.3, -0.25) is 4.57 Å². The molecule has 2 N–H and O–H groups in total. The Bertz CT molecular complexity index is 207. The zero-order valence-corrected chi connectivity index (χ0v) is 8.66. The van der Waals surface area contributed by atoms with Crippen LogP contribution in [0.5, 0.6) is 0 Å². The Labute approximate surface area is 77.2 Å². The summed E-state index contributed by atoms with van der Waals surface area (Å²) < 4.78 is 16.1. The fourth-order valence-electron chi connectivity index (χ4n) is 0.652. The first-order valence-corrected chi connectivity index (χ1v) is 6.09. The van der Waals surface area contributed by atoms with Crippen molar-refractivity contribution >= 4 is 13.3 Å². The Morgan fingerprint density at radius 3 is 2.23 bits per heavy atom. The van der Waals surface area contributed by atoms with Crippen LogP contribution < -0.4 is 0 Å². The van der Waals surface area contributed by atoms with Crippen LogP contribution in [0.4, 0.5) is 0 Å². The molecular weight excluding hydrogens is 195 g/mol. The van der Waals surface area contributed by atoms with Crippen LogP contribution in [0.3, 0.4) is 0 Å². The van der Waals surface area contributed by atoms with E-state index >= 15 is 0 Å². The highest BCUT2D eigenvalue weighted by atomic mass is 31.2. The summed E-state index contributed by atoms with van der Waals surface area (Å²) in [5.74, 6) is -1.02. The van der Waals surface area contributed by atoms with Gasteiger partial charge in [0.1, 0.15) is 0 Å². The summed E-state index contributed by atoms with van der Waals surface area (Å²) in [6, 6.07) is 0. The van der Waals surface area contributed by atoms with Crippen molar-refractivity contribution in [1.29, 1.82) is 0 Å². The summed E-state index contributed by atoms with van der Waals surface area (Å²) in [4.78, 5) is 10.9. The highest BCUT2D eigenvalue weighted by molar-refractivity contribution is 7.59. The molecule has 0 saturated heterocycles. The van der Waals surface area contributed by atoms with Gasteiger partial charge in [0, 0.05) is 12.3 Å². The third kappa shape index (κ3) is 3.89. The van der Waals surface area contributed by atoms with E-state index in [0.29, 0.717) is 0 Å². The van der Waals surface area contributed by atoms with Crippen LogP contribution in [-0.2, 0) is 13.9 Å². The van der Waals surface area contributed by atoms with Gasteiger partial charge in [0.15, 0.2) is 6.10 Å². The van der Waals surface area contributed by atoms with Gasteiger partial charge in [0.2, 0.25) is 0 Å². The molecule has 0 radical (unpaired) electrons. The maximum absolute atomic E-state index is 11.5. The number of hydrogen-bond donors (Lipinski definition) is 2. The van der Waals surface area contributed by atoms with Crippen molar-refractivity contribution in [2.75, 3.05) is 18.9 Å². The van der Waals surface area contributed by atoms with E-state index in [1.807, 2.05) is 0 Å². The lowest BCUT2D eigenvalue weighted by atomic mass is 10.4. The molecule has 0 rings (SSSR count). The topological polar surface area (TPSA) is 83.8 Å². The standard InChI is InChI=1S/C7H15O5P/c1-3-13(11,4-2)12-7(10)6(9)5-8/h6,8-9H,3-5H2,1-2H3. The summed E-state index contributed by atoms with van der Waals surface area (Å²) in [6.07, 6.45) is -1.10. The van der Waals surface area contributed by atoms with Gasteiger partial charge in [-0.25, -0.2) is 4.79 Å². The molecule has 6 heteroatoms. The van der Waals surface area contributed by atoms with E-state index in [0.717, 1.165) is 0 Å². The molecule has 1 atom stereocenters. The Morgan fingerprint density at radius 2 is 1.92 bits per heavy atom.